The van der Waals surface area contributed by atoms with E-state index in [1.807, 2.05) is 37.4 Å². The highest BCUT2D eigenvalue weighted by atomic mass is 32.2. The molecule has 0 bridgehead atoms. The van der Waals surface area contributed by atoms with Crippen LogP contribution in [0, 0.1) is 0 Å². The van der Waals surface area contributed by atoms with E-state index in [1.165, 1.54) is 51.7 Å². The SMILES string of the molecule is CCOP(=O)(OCC)C1(C2(N3CCCCC3)SC3=C(CCCC3)S2)SC(C)=C(C)S1. The van der Waals surface area contributed by atoms with Crippen molar-refractivity contribution in [2.24, 2.45) is 0 Å². The van der Waals surface area contributed by atoms with E-state index in [9.17, 15) is 4.57 Å². The zero-order valence-electron chi connectivity index (χ0n) is 18.5. The number of likely N-dealkylation sites (tertiary alicyclic amines) is 1. The lowest BCUT2D eigenvalue weighted by molar-refractivity contribution is 0.173. The molecule has 0 aromatic heterocycles. The smallest absolute Gasteiger partial charge is 0.307 e. The molecule has 9 heteroatoms. The Balaban J connectivity index is 1.85. The van der Waals surface area contributed by atoms with Gasteiger partial charge in [-0.3, -0.25) is 9.46 Å². The van der Waals surface area contributed by atoms with Gasteiger partial charge in [0, 0.05) is 13.1 Å². The van der Waals surface area contributed by atoms with Crippen molar-refractivity contribution in [3.63, 3.8) is 0 Å². The van der Waals surface area contributed by atoms with E-state index in [0.717, 1.165) is 25.9 Å². The Morgan fingerprint density at radius 1 is 0.833 bits per heavy atom. The average Bonchev–Trinajstić information content (AvgIpc) is 3.29. The van der Waals surface area contributed by atoms with E-state index in [-0.39, 0.29) is 4.20 Å². The van der Waals surface area contributed by atoms with Crippen molar-refractivity contribution < 1.29 is 13.6 Å². The molecule has 1 fully saturated rings. The highest BCUT2D eigenvalue weighted by molar-refractivity contribution is 8.35. The van der Waals surface area contributed by atoms with Crippen molar-refractivity contribution in [3.05, 3.63) is 19.6 Å². The summed E-state index contributed by atoms with van der Waals surface area (Å²) in [7, 11) is -3.43. The second-order valence-electron chi connectivity index (χ2n) is 8.12. The molecule has 0 aromatic rings. The number of nitrogens with zero attached hydrogens (tertiary/aromatic N) is 1. The first-order valence-corrected chi connectivity index (χ1v) is 16.0. The third kappa shape index (κ3) is 3.93. The third-order valence-electron chi connectivity index (χ3n) is 6.10. The van der Waals surface area contributed by atoms with Crippen LogP contribution in [-0.2, 0) is 13.6 Å². The molecule has 30 heavy (non-hydrogen) atoms. The summed E-state index contributed by atoms with van der Waals surface area (Å²) in [6.45, 7) is 11.1. The molecule has 4 aliphatic rings. The van der Waals surface area contributed by atoms with Crippen LogP contribution >= 0.6 is 54.6 Å². The second-order valence-corrected chi connectivity index (χ2v) is 16.9. The standard InChI is InChI=1S/C21H34NO3PS4/c1-5-24-26(23,25-6-2)21(27-16(3)17(4)28-21)20(22-14-10-7-11-15-22)29-18-12-8-9-13-19(18)30-20/h5-15H2,1-4H3. The molecule has 1 aliphatic carbocycles. The van der Waals surface area contributed by atoms with Gasteiger partial charge in [0.2, 0.25) is 3.82 Å². The summed E-state index contributed by atoms with van der Waals surface area (Å²) in [6, 6.07) is 0. The summed E-state index contributed by atoms with van der Waals surface area (Å²) >= 11 is 7.52. The Morgan fingerprint density at radius 2 is 1.33 bits per heavy atom. The Hall–Kier alpha value is 0.990. The van der Waals surface area contributed by atoms with Crippen LogP contribution in [0.15, 0.2) is 19.6 Å². The van der Waals surface area contributed by atoms with Gasteiger partial charge >= 0.3 is 7.60 Å². The minimum atomic E-state index is -3.43. The fourth-order valence-electron chi connectivity index (χ4n) is 4.61. The maximum atomic E-state index is 14.7. The number of hydrogen-bond donors (Lipinski definition) is 0. The van der Waals surface area contributed by atoms with Crippen molar-refractivity contribution in [3.8, 4) is 0 Å². The first-order chi connectivity index (χ1) is 14.4. The largest absolute Gasteiger partial charge is 0.361 e. The van der Waals surface area contributed by atoms with Crippen LogP contribution in [-0.4, -0.2) is 39.2 Å². The fraction of sp³-hybridized carbons (Fsp3) is 0.810. The highest BCUT2D eigenvalue weighted by Gasteiger charge is 2.72. The Kier molecular flexibility index (Phi) is 7.80. The summed E-state index contributed by atoms with van der Waals surface area (Å²) in [5.41, 5.74) is 0. The zero-order valence-corrected chi connectivity index (χ0v) is 22.7. The van der Waals surface area contributed by atoms with Gasteiger partial charge in [-0.05, 0) is 85.8 Å². The second kappa shape index (κ2) is 9.69. The van der Waals surface area contributed by atoms with Crippen molar-refractivity contribution in [2.75, 3.05) is 26.3 Å². The number of piperidine rings is 1. The molecule has 0 saturated carbocycles. The van der Waals surface area contributed by atoms with Crippen molar-refractivity contribution in [1.29, 1.82) is 0 Å². The lowest BCUT2D eigenvalue weighted by atomic mass is 10.1. The van der Waals surface area contributed by atoms with Crippen LogP contribution in [0.25, 0.3) is 0 Å². The molecule has 4 rings (SSSR count). The van der Waals surface area contributed by atoms with Crippen molar-refractivity contribution >= 4 is 54.6 Å². The van der Waals surface area contributed by atoms with Gasteiger partial charge in [-0.25, -0.2) is 0 Å². The molecule has 0 aromatic carbocycles. The van der Waals surface area contributed by atoms with Gasteiger partial charge in [0.05, 0.1) is 13.2 Å². The first kappa shape index (κ1) is 24.1. The first-order valence-electron chi connectivity index (χ1n) is 11.2. The van der Waals surface area contributed by atoms with E-state index in [2.05, 4.69) is 18.7 Å². The monoisotopic (exact) mass is 507 g/mol. The minimum Gasteiger partial charge on any atom is -0.307 e. The van der Waals surface area contributed by atoms with Gasteiger partial charge < -0.3 is 9.05 Å². The summed E-state index contributed by atoms with van der Waals surface area (Å²) < 4.78 is 25.9. The zero-order chi connectivity index (χ0) is 21.4. The molecule has 0 unspecified atom stereocenters. The van der Waals surface area contributed by atoms with Gasteiger partial charge in [0.15, 0.2) is 4.20 Å². The molecule has 3 aliphatic heterocycles. The maximum absolute atomic E-state index is 14.7. The van der Waals surface area contributed by atoms with Gasteiger partial charge in [0.25, 0.3) is 0 Å². The molecule has 0 amide bonds. The lowest BCUT2D eigenvalue weighted by Crippen LogP contribution is -2.57. The minimum absolute atomic E-state index is 0.364. The molecule has 4 nitrogen and oxygen atoms in total. The van der Waals surface area contributed by atoms with Crippen LogP contribution in [0.1, 0.15) is 72.6 Å². The molecule has 3 heterocycles. The van der Waals surface area contributed by atoms with Crippen LogP contribution in [0.2, 0.25) is 0 Å². The lowest BCUT2D eigenvalue weighted by Gasteiger charge is -2.52. The van der Waals surface area contributed by atoms with E-state index in [4.69, 9.17) is 9.05 Å². The van der Waals surface area contributed by atoms with E-state index in [0.29, 0.717) is 13.2 Å². The molecule has 170 valence electrons. The van der Waals surface area contributed by atoms with Crippen molar-refractivity contribution in [1.82, 2.24) is 4.90 Å². The van der Waals surface area contributed by atoms with Gasteiger partial charge in [-0.15, -0.1) is 0 Å². The van der Waals surface area contributed by atoms with Crippen LogP contribution in [0.4, 0.5) is 0 Å². The summed E-state index contributed by atoms with van der Waals surface area (Å²) in [4.78, 5) is 8.20. The number of allylic oxidation sites excluding steroid dienone is 4. The fourth-order valence-corrected chi connectivity index (χ4v) is 16.8. The number of rotatable bonds is 7. The predicted octanol–water partition coefficient (Wildman–Crippen LogP) is 8.04. The van der Waals surface area contributed by atoms with Crippen LogP contribution in [0.3, 0.4) is 0 Å². The summed E-state index contributed by atoms with van der Waals surface area (Å²) in [6.07, 6.45) is 8.55. The Labute approximate surface area is 199 Å². The van der Waals surface area contributed by atoms with Crippen molar-refractivity contribution in [2.45, 2.75) is 80.7 Å². The summed E-state index contributed by atoms with van der Waals surface area (Å²) in [5.74, 6) is 0. The normalized spacial score (nSPS) is 27.1. The molecule has 0 spiro atoms. The van der Waals surface area contributed by atoms with Crippen LogP contribution in [0.5, 0.6) is 0 Å². The number of thioether (sulfide) groups is 4. The topological polar surface area (TPSA) is 38.8 Å². The van der Waals surface area contributed by atoms with E-state index < -0.39 is 11.4 Å². The Morgan fingerprint density at radius 3 is 1.80 bits per heavy atom. The van der Waals surface area contributed by atoms with Gasteiger partial charge in [-0.2, -0.15) is 0 Å². The third-order valence-corrected chi connectivity index (χ3v) is 17.8. The molecule has 0 N–H and O–H groups in total. The highest BCUT2D eigenvalue weighted by Crippen LogP contribution is 2.85. The predicted molar refractivity (Wildman–Crippen MR) is 136 cm³/mol. The molecule has 0 radical (unpaired) electrons. The van der Waals surface area contributed by atoms with E-state index >= 15 is 0 Å². The maximum Gasteiger partial charge on any atom is 0.361 e. The number of hydrogen-bond acceptors (Lipinski definition) is 8. The molecule has 0 atom stereocenters. The van der Waals surface area contributed by atoms with Gasteiger partial charge in [-0.1, -0.05) is 53.5 Å². The average molecular weight is 508 g/mol. The van der Waals surface area contributed by atoms with Gasteiger partial charge in [0.1, 0.15) is 0 Å². The summed E-state index contributed by atoms with van der Waals surface area (Å²) in [5, 5.41) is 0. The van der Waals surface area contributed by atoms with Crippen LogP contribution < -0.4 is 0 Å². The molecule has 1 saturated heterocycles. The molecular formula is C21H34NO3PS4. The quantitative estimate of drug-likeness (QED) is 0.321. The van der Waals surface area contributed by atoms with E-state index in [1.54, 1.807) is 23.5 Å². The molecular weight excluding hydrogens is 473 g/mol. The Bertz CT molecular complexity index is 736.